The van der Waals surface area contributed by atoms with Gasteiger partial charge in [0.1, 0.15) is 5.00 Å². The minimum atomic E-state index is 0.639. The maximum atomic E-state index is 4.96. The van der Waals surface area contributed by atoms with E-state index in [1.165, 1.54) is 58.8 Å². The van der Waals surface area contributed by atoms with Crippen LogP contribution in [-0.2, 0) is 0 Å². The highest BCUT2D eigenvalue weighted by molar-refractivity contribution is 7.21. The summed E-state index contributed by atoms with van der Waals surface area (Å²) in [5.74, 6) is 1.94. The van der Waals surface area contributed by atoms with E-state index >= 15 is 0 Å². The van der Waals surface area contributed by atoms with Crippen LogP contribution in [0.25, 0.3) is 110 Å². The molecule has 0 unspecified atom stereocenters. The minimum Gasteiger partial charge on any atom is -0.309 e. The van der Waals surface area contributed by atoms with Crippen molar-refractivity contribution in [3.8, 4) is 56.0 Å². The lowest BCUT2D eigenvalue weighted by Crippen LogP contribution is -2.00. The van der Waals surface area contributed by atoms with Crippen LogP contribution in [0.4, 0.5) is 0 Å². The summed E-state index contributed by atoms with van der Waals surface area (Å²) in [6.45, 7) is 0. The smallest absolute Gasteiger partial charge is 0.164 e. The van der Waals surface area contributed by atoms with Gasteiger partial charge in [0.2, 0.25) is 0 Å². The topological polar surface area (TPSA) is 48.5 Å². The zero-order chi connectivity index (χ0) is 38.9. The van der Waals surface area contributed by atoms with Crippen molar-refractivity contribution in [2.45, 2.75) is 0 Å². The molecule has 5 nitrogen and oxygen atoms in total. The van der Waals surface area contributed by atoms with Crippen molar-refractivity contribution in [1.29, 1.82) is 0 Å². The summed E-state index contributed by atoms with van der Waals surface area (Å²) in [7, 11) is 0. The third-order valence-electron chi connectivity index (χ3n) is 11.4. The van der Waals surface area contributed by atoms with E-state index in [9.17, 15) is 0 Å². The zero-order valence-electron chi connectivity index (χ0n) is 31.7. The van der Waals surface area contributed by atoms with Gasteiger partial charge in [-0.25, -0.2) is 15.0 Å². The predicted octanol–water partition coefficient (Wildman–Crippen LogP) is 13.9. The third-order valence-corrected chi connectivity index (χ3v) is 12.5. The molecule has 12 rings (SSSR count). The van der Waals surface area contributed by atoms with Crippen molar-refractivity contribution in [1.82, 2.24) is 24.1 Å². The molecule has 0 aliphatic heterocycles. The number of para-hydroxylation sites is 2. The number of thiophene rings is 1. The summed E-state index contributed by atoms with van der Waals surface area (Å²) >= 11 is 1.84. The Balaban J connectivity index is 0.952. The van der Waals surface area contributed by atoms with E-state index in [1.54, 1.807) is 0 Å². The van der Waals surface area contributed by atoms with Crippen LogP contribution in [-0.4, -0.2) is 24.1 Å². The number of fused-ring (bicyclic) bond motifs is 7. The van der Waals surface area contributed by atoms with Gasteiger partial charge in [-0.3, -0.25) is 0 Å². The van der Waals surface area contributed by atoms with E-state index in [2.05, 4.69) is 149 Å². The number of hydrogen-bond acceptors (Lipinski definition) is 4. The SMILES string of the molecule is c1ccc(-c2nc(-c3ccccc3)nc(-c3ccc(-n4c5ccccc5c5cc(-c6ccc7c(c6)c6ccccc6n7-c6cc7ccccc7s6)ccc54)cc3)n2)cc1. The molecule has 59 heavy (non-hydrogen) atoms. The molecule has 0 saturated carbocycles. The second-order valence-electron chi connectivity index (χ2n) is 14.9. The van der Waals surface area contributed by atoms with Crippen molar-refractivity contribution >= 4 is 65.0 Å². The molecule has 0 bridgehead atoms. The Morgan fingerprint density at radius 1 is 0.322 bits per heavy atom. The molecule has 0 aliphatic rings. The Labute approximate surface area is 343 Å². The fraction of sp³-hybridized carbons (Fsp3) is 0. The number of benzene rings is 8. The Morgan fingerprint density at radius 3 is 1.34 bits per heavy atom. The van der Waals surface area contributed by atoms with Crippen molar-refractivity contribution in [3.63, 3.8) is 0 Å². The summed E-state index contributed by atoms with van der Waals surface area (Å²) in [6, 6.07) is 71.0. The van der Waals surface area contributed by atoms with Gasteiger partial charge in [0.25, 0.3) is 0 Å². The first-order chi connectivity index (χ1) is 29.2. The second-order valence-corrected chi connectivity index (χ2v) is 15.9. The van der Waals surface area contributed by atoms with Gasteiger partial charge >= 0.3 is 0 Å². The summed E-state index contributed by atoms with van der Waals surface area (Å²) < 4.78 is 6.08. The van der Waals surface area contributed by atoms with Crippen LogP contribution >= 0.6 is 11.3 Å². The summed E-state index contributed by atoms with van der Waals surface area (Å²) in [4.78, 5) is 14.8. The summed E-state index contributed by atoms with van der Waals surface area (Å²) in [6.07, 6.45) is 0. The number of rotatable bonds is 6. The van der Waals surface area contributed by atoms with E-state index < -0.39 is 0 Å². The average molecular weight is 772 g/mol. The van der Waals surface area contributed by atoms with Gasteiger partial charge in [-0.2, -0.15) is 0 Å². The fourth-order valence-electron chi connectivity index (χ4n) is 8.60. The maximum absolute atomic E-state index is 4.96. The minimum absolute atomic E-state index is 0.639. The van der Waals surface area contributed by atoms with Gasteiger partial charge in [0, 0.05) is 48.6 Å². The molecule has 12 aromatic rings. The van der Waals surface area contributed by atoms with Crippen LogP contribution in [0.3, 0.4) is 0 Å². The van der Waals surface area contributed by atoms with E-state index in [1.807, 2.05) is 72.0 Å². The first-order valence-corrected chi connectivity index (χ1v) is 20.6. The molecule has 0 amide bonds. The monoisotopic (exact) mass is 771 g/mol. The molecule has 0 aliphatic carbocycles. The molecular formula is C53H33N5S. The van der Waals surface area contributed by atoms with Crippen molar-refractivity contribution in [2.24, 2.45) is 0 Å². The van der Waals surface area contributed by atoms with Crippen LogP contribution in [0.5, 0.6) is 0 Å². The molecule has 0 radical (unpaired) electrons. The van der Waals surface area contributed by atoms with E-state index in [-0.39, 0.29) is 0 Å². The largest absolute Gasteiger partial charge is 0.309 e. The molecule has 0 saturated heterocycles. The molecule has 276 valence electrons. The average Bonchev–Trinajstić information content (AvgIpc) is 3.99. The Hall–Kier alpha value is -7.67. The fourth-order valence-corrected chi connectivity index (χ4v) is 9.69. The number of hydrogen-bond donors (Lipinski definition) is 0. The molecule has 0 N–H and O–H groups in total. The Morgan fingerprint density at radius 2 is 0.763 bits per heavy atom. The van der Waals surface area contributed by atoms with Crippen LogP contribution in [0.1, 0.15) is 0 Å². The standard InChI is InChI=1S/C53H33N5S/c1-3-13-34(14-4-1)51-54-52(35-15-5-2-6-16-35)56-53(55-51)36-23-27-40(28-24-36)57-45-20-10-8-18-41(45)43-31-37(25-29-47(43)57)38-26-30-48-44(32-38)42-19-9-11-21-46(42)58(48)50-33-39-17-7-12-22-49(39)59-50/h1-33H. The molecule has 6 heteroatoms. The molecule has 4 aromatic heterocycles. The highest BCUT2D eigenvalue weighted by Crippen LogP contribution is 2.40. The molecule has 4 heterocycles. The quantitative estimate of drug-likeness (QED) is 0.169. The Kier molecular flexibility index (Phi) is 7.64. The first-order valence-electron chi connectivity index (χ1n) is 19.8. The lowest BCUT2D eigenvalue weighted by molar-refractivity contribution is 1.07. The van der Waals surface area contributed by atoms with Crippen molar-refractivity contribution < 1.29 is 0 Å². The van der Waals surface area contributed by atoms with Crippen molar-refractivity contribution in [2.75, 3.05) is 0 Å². The lowest BCUT2D eigenvalue weighted by Gasteiger charge is -2.11. The molecule has 0 atom stereocenters. The molecular weight excluding hydrogens is 739 g/mol. The van der Waals surface area contributed by atoms with E-state index in [0.29, 0.717) is 17.5 Å². The predicted molar refractivity (Wildman–Crippen MR) is 246 cm³/mol. The number of nitrogens with zero attached hydrogens (tertiary/aromatic N) is 5. The van der Waals surface area contributed by atoms with Gasteiger partial charge in [0.05, 0.1) is 22.1 Å². The zero-order valence-corrected chi connectivity index (χ0v) is 32.5. The van der Waals surface area contributed by atoms with E-state index in [4.69, 9.17) is 15.0 Å². The van der Waals surface area contributed by atoms with Crippen LogP contribution in [0.15, 0.2) is 200 Å². The lowest BCUT2D eigenvalue weighted by atomic mass is 10.0. The molecule has 0 spiro atoms. The van der Waals surface area contributed by atoms with Gasteiger partial charge in [-0.05, 0) is 89.3 Å². The van der Waals surface area contributed by atoms with Crippen LogP contribution in [0, 0.1) is 0 Å². The highest BCUT2D eigenvalue weighted by atomic mass is 32.1. The highest BCUT2D eigenvalue weighted by Gasteiger charge is 2.18. The first kappa shape index (κ1) is 33.5. The normalized spacial score (nSPS) is 11.7. The van der Waals surface area contributed by atoms with Gasteiger partial charge in [0.15, 0.2) is 17.5 Å². The van der Waals surface area contributed by atoms with Gasteiger partial charge in [-0.1, -0.05) is 127 Å². The molecule has 8 aromatic carbocycles. The summed E-state index contributed by atoms with van der Waals surface area (Å²) in [5.41, 5.74) is 11.0. The molecule has 0 fully saturated rings. The van der Waals surface area contributed by atoms with Crippen LogP contribution < -0.4 is 0 Å². The second kappa shape index (κ2) is 13.5. The van der Waals surface area contributed by atoms with E-state index in [0.717, 1.165) is 33.4 Å². The third kappa shape index (κ3) is 5.57. The Bertz CT molecular complexity index is 3450. The van der Waals surface area contributed by atoms with Crippen molar-refractivity contribution in [3.05, 3.63) is 200 Å². The van der Waals surface area contributed by atoms with Gasteiger partial charge in [-0.15, -0.1) is 11.3 Å². The maximum Gasteiger partial charge on any atom is 0.164 e. The number of aromatic nitrogens is 5. The summed E-state index contributed by atoms with van der Waals surface area (Å²) in [5, 5.41) is 7.45. The van der Waals surface area contributed by atoms with Crippen LogP contribution in [0.2, 0.25) is 0 Å². The van der Waals surface area contributed by atoms with Gasteiger partial charge < -0.3 is 9.13 Å².